The van der Waals surface area contributed by atoms with Crippen LogP contribution < -0.4 is 4.90 Å². The molecule has 2 nitrogen and oxygen atoms in total. The summed E-state index contributed by atoms with van der Waals surface area (Å²) in [5.74, 6) is 0. The Balaban J connectivity index is 2.23. The number of anilines is 1. The Kier molecular flexibility index (Phi) is 3.63. The molecule has 2 rings (SSSR count). The molecule has 0 amide bonds. The molecule has 0 aromatic heterocycles. The summed E-state index contributed by atoms with van der Waals surface area (Å²) in [7, 11) is 2.15. The molecule has 0 radical (unpaired) electrons. The van der Waals surface area contributed by atoms with Crippen LogP contribution in [-0.4, -0.2) is 37.6 Å². The van der Waals surface area contributed by atoms with Crippen LogP contribution in [0.25, 0.3) is 0 Å². The number of rotatable bonds is 1. The summed E-state index contributed by atoms with van der Waals surface area (Å²) in [6.07, 6.45) is 0. The lowest BCUT2D eigenvalue weighted by Gasteiger charge is -2.39. The number of halogens is 2. The summed E-state index contributed by atoms with van der Waals surface area (Å²) in [6, 6.07) is 6.23. The number of likely N-dealkylation sites (N-methyl/N-ethyl adjacent to an activating group) is 1. The van der Waals surface area contributed by atoms with E-state index in [-0.39, 0.29) is 0 Å². The van der Waals surface area contributed by atoms with E-state index in [1.165, 1.54) is 0 Å². The first-order valence-electron chi connectivity index (χ1n) is 5.47. The molecule has 1 saturated heterocycles. The van der Waals surface area contributed by atoms with Gasteiger partial charge in [0.1, 0.15) is 0 Å². The zero-order valence-corrected chi connectivity index (χ0v) is 11.1. The van der Waals surface area contributed by atoms with Gasteiger partial charge in [-0.25, -0.2) is 0 Å². The fourth-order valence-electron chi connectivity index (χ4n) is 2.23. The lowest BCUT2D eigenvalue weighted by Crippen LogP contribution is -2.50. The standard InChI is InChI=1S/C12H16Cl2N2/c1-9-8-15(2)3-4-16(9)12-6-10(13)5-11(14)7-12/h5-7,9H,3-4,8H2,1-2H3. The smallest absolute Gasteiger partial charge is 0.0441 e. The van der Waals surface area contributed by atoms with E-state index < -0.39 is 0 Å². The largest absolute Gasteiger partial charge is 0.366 e. The third kappa shape index (κ3) is 2.62. The quantitative estimate of drug-likeness (QED) is 0.764. The van der Waals surface area contributed by atoms with E-state index >= 15 is 0 Å². The van der Waals surface area contributed by atoms with Crippen molar-refractivity contribution in [3.8, 4) is 0 Å². The lowest BCUT2D eigenvalue weighted by molar-refractivity contribution is 0.275. The first-order valence-corrected chi connectivity index (χ1v) is 6.23. The SMILES string of the molecule is CC1CN(C)CCN1c1cc(Cl)cc(Cl)c1. The monoisotopic (exact) mass is 258 g/mol. The highest BCUT2D eigenvalue weighted by Gasteiger charge is 2.21. The highest BCUT2D eigenvalue weighted by molar-refractivity contribution is 6.35. The molecule has 1 fully saturated rings. The van der Waals surface area contributed by atoms with E-state index in [2.05, 4.69) is 23.8 Å². The molecule has 88 valence electrons. The molecule has 1 aromatic carbocycles. The summed E-state index contributed by atoms with van der Waals surface area (Å²) < 4.78 is 0. The second-order valence-electron chi connectivity index (χ2n) is 4.43. The zero-order chi connectivity index (χ0) is 11.7. The molecule has 1 heterocycles. The molecule has 0 N–H and O–H groups in total. The minimum Gasteiger partial charge on any atom is -0.366 e. The van der Waals surface area contributed by atoms with Gasteiger partial charge in [0.2, 0.25) is 0 Å². The van der Waals surface area contributed by atoms with Crippen molar-refractivity contribution in [2.45, 2.75) is 13.0 Å². The Bertz CT molecular complexity index is 361. The van der Waals surface area contributed by atoms with Gasteiger partial charge >= 0.3 is 0 Å². The van der Waals surface area contributed by atoms with Crippen LogP contribution in [0.3, 0.4) is 0 Å². The Hall–Kier alpha value is -0.440. The van der Waals surface area contributed by atoms with Crippen molar-refractivity contribution in [2.75, 3.05) is 31.6 Å². The molecule has 0 bridgehead atoms. The van der Waals surface area contributed by atoms with E-state index in [0.717, 1.165) is 25.3 Å². The summed E-state index contributed by atoms with van der Waals surface area (Å²) in [5, 5.41) is 1.40. The van der Waals surface area contributed by atoms with Crippen LogP contribution >= 0.6 is 23.2 Å². The van der Waals surface area contributed by atoms with Crippen molar-refractivity contribution in [3.63, 3.8) is 0 Å². The maximum absolute atomic E-state index is 6.02. The topological polar surface area (TPSA) is 6.48 Å². The Morgan fingerprint density at radius 2 is 1.75 bits per heavy atom. The molecule has 1 atom stereocenters. The molecule has 0 aliphatic carbocycles. The Morgan fingerprint density at radius 3 is 2.31 bits per heavy atom. The van der Waals surface area contributed by atoms with Crippen LogP contribution in [0.2, 0.25) is 10.0 Å². The van der Waals surface area contributed by atoms with Crippen molar-refractivity contribution in [1.29, 1.82) is 0 Å². The zero-order valence-electron chi connectivity index (χ0n) is 9.58. The van der Waals surface area contributed by atoms with Gasteiger partial charge in [0.25, 0.3) is 0 Å². The van der Waals surface area contributed by atoms with E-state index in [4.69, 9.17) is 23.2 Å². The first-order chi connectivity index (χ1) is 7.56. The number of piperazine rings is 1. The van der Waals surface area contributed by atoms with Crippen LogP contribution in [0.4, 0.5) is 5.69 Å². The van der Waals surface area contributed by atoms with Gasteiger partial charge in [-0.1, -0.05) is 23.2 Å². The van der Waals surface area contributed by atoms with Gasteiger partial charge in [-0.2, -0.15) is 0 Å². The van der Waals surface area contributed by atoms with Gasteiger partial charge in [-0.15, -0.1) is 0 Å². The Morgan fingerprint density at radius 1 is 1.12 bits per heavy atom. The number of hydrogen-bond donors (Lipinski definition) is 0. The first kappa shape index (κ1) is 12.0. The summed E-state index contributed by atoms with van der Waals surface area (Å²) in [6.45, 7) is 5.40. The van der Waals surface area contributed by atoms with Crippen molar-refractivity contribution in [2.24, 2.45) is 0 Å². The average molecular weight is 259 g/mol. The van der Waals surface area contributed by atoms with Crippen molar-refractivity contribution in [3.05, 3.63) is 28.2 Å². The van der Waals surface area contributed by atoms with E-state index in [1.807, 2.05) is 12.1 Å². The predicted molar refractivity (Wildman–Crippen MR) is 70.8 cm³/mol. The number of benzene rings is 1. The predicted octanol–water partition coefficient (Wildman–Crippen LogP) is 3.13. The van der Waals surface area contributed by atoms with Crippen LogP contribution in [0, 0.1) is 0 Å². The molecule has 0 saturated carbocycles. The third-order valence-electron chi connectivity index (χ3n) is 3.01. The summed E-state index contributed by atoms with van der Waals surface area (Å²) in [5.41, 5.74) is 1.12. The van der Waals surface area contributed by atoms with Gasteiger partial charge in [0, 0.05) is 41.4 Å². The van der Waals surface area contributed by atoms with Crippen LogP contribution in [-0.2, 0) is 0 Å². The maximum atomic E-state index is 6.02. The van der Waals surface area contributed by atoms with E-state index in [0.29, 0.717) is 16.1 Å². The molecular weight excluding hydrogens is 243 g/mol. The van der Waals surface area contributed by atoms with Gasteiger partial charge < -0.3 is 9.80 Å². The molecule has 1 unspecified atom stereocenters. The number of nitrogens with zero attached hydrogens (tertiary/aromatic N) is 2. The van der Waals surface area contributed by atoms with Gasteiger partial charge in [-0.05, 0) is 32.2 Å². The minimum absolute atomic E-state index is 0.494. The second kappa shape index (κ2) is 4.82. The second-order valence-corrected chi connectivity index (χ2v) is 5.31. The van der Waals surface area contributed by atoms with Gasteiger partial charge in [-0.3, -0.25) is 0 Å². The van der Waals surface area contributed by atoms with Gasteiger partial charge in [0.05, 0.1) is 0 Å². The summed E-state index contributed by atoms with van der Waals surface area (Å²) >= 11 is 12.0. The van der Waals surface area contributed by atoms with Crippen molar-refractivity contribution in [1.82, 2.24) is 4.90 Å². The average Bonchev–Trinajstić information content (AvgIpc) is 2.15. The molecular formula is C12H16Cl2N2. The molecule has 1 aromatic rings. The van der Waals surface area contributed by atoms with Crippen LogP contribution in [0.15, 0.2) is 18.2 Å². The fraction of sp³-hybridized carbons (Fsp3) is 0.500. The fourth-order valence-corrected chi connectivity index (χ4v) is 2.74. The minimum atomic E-state index is 0.494. The van der Waals surface area contributed by atoms with Crippen LogP contribution in [0.1, 0.15) is 6.92 Å². The lowest BCUT2D eigenvalue weighted by atomic mass is 10.1. The van der Waals surface area contributed by atoms with Crippen LogP contribution in [0.5, 0.6) is 0 Å². The van der Waals surface area contributed by atoms with E-state index in [1.54, 1.807) is 6.07 Å². The van der Waals surface area contributed by atoms with Crippen molar-refractivity contribution >= 4 is 28.9 Å². The van der Waals surface area contributed by atoms with Crippen molar-refractivity contribution < 1.29 is 0 Å². The third-order valence-corrected chi connectivity index (χ3v) is 3.45. The molecule has 0 spiro atoms. The van der Waals surface area contributed by atoms with Gasteiger partial charge in [0.15, 0.2) is 0 Å². The maximum Gasteiger partial charge on any atom is 0.0441 e. The summed E-state index contributed by atoms with van der Waals surface area (Å²) in [4.78, 5) is 4.70. The highest BCUT2D eigenvalue weighted by atomic mass is 35.5. The van der Waals surface area contributed by atoms with E-state index in [9.17, 15) is 0 Å². The molecule has 16 heavy (non-hydrogen) atoms. The molecule has 4 heteroatoms. The highest BCUT2D eigenvalue weighted by Crippen LogP contribution is 2.27. The Labute approximate surface area is 107 Å². The molecule has 1 aliphatic rings. The molecule has 1 aliphatic heterocycles. The number of hydrogen-bond acceptors (Lipinski definition) is 2. The normalized spacial score (nSPS) is 22.5.